The molecule has 1 aromatic heterocycles. The second-order valence-electron chi connectivity index (χ2n) is 4.50. The summed E-state index contributed by atoms with van der Waals surface area (Å²) in [6.45, 7) is 0. The van der Waals surface area contributed by atoms with Gasteiger partial charge in [0.2, 0.25) is 0 Å². The predicted octanol–water partition coefficient (Wildman–Crippen LogP) is 2.65. The number of allylic oxidation sites excluding steroid dienone is 2. The number of nitrogens with zero attached hydrogens (tertiary/aromatic N) is 2. The molecule has 1 aliphatic rings. The van der Waals surface area contributed by atoms with Crippen molar-refractivity contribution >= 4 is 22.7 Å². The van der Waals surface area contributed by atoms with Gasteiger partial charge in [-0.25, -0.2) is 0 Å². The Morgan fingerprint density at radius 3 is 2.24 bits per heavy atom. The van der Waals surface area contributed by atoms with Crippen LogP contribution in [0.4, 0.5) is 0 Å². The molecule has 0 spiro atoms. The van der Waals surface area contributed by atoms with Crippen molar-refractivity contribution in [2.75, 3.05) is 0 Å². The zero-order chi connectivity index (χ0) is 15.0. The number of nitrogens with two attached hydrogens (primary N) is 2. The maximum absolute atomic E-state index is 9.35. The number of benzene rings is 1. The van der Waals surface area contributed by atoms with Gasteiger partial charge in [-0.1, -0.05) is 30.0 Å². The Balaban J connectivity index is 2.23. The van der Waals surface area contributed by atoms with E-state index < -0.39 is 5.92 Å². The molecule has 0 unspecified atom stereocenters. The highest BCUT2D eigenvalue weighted by molar-refractivity contribution is 8.06. The highest BCUT2D eigenvalue weighted by Gasteiger charge is 2.33. The zero-order valence-electron chi connectivity index (χ0n) is 10.8. The Hall–Kier alpha value is -2.83. The van der Waals surface area contributed by atoms with Gasteiger partial charge in [0, 0.05) is 5.39 Å². The van der Waals surface area contributed by atoms with Gasteiger partial charge in [-0.2, -0.15) is 10.5 Å². The van der Waals surface area contributed by atoms with Crippen molar-refractivity contribution in [3.63, 3.8) is 0 Å². The molecule has 0 aliphatic carbocycles. The van der Waals surface area contributed by atoms with Gasteiger partial charge in [0.15, 0.2) is 0 Å². The number of rotatable bonds is 1. The Bertz CT molecular complexity index is 810. The van der Waals surface area contributed by atoms with E-state index in [1.165, 1.54) is 0 Å². The lowest BCUT2D eigenvalue weighted by atomic mass is 9.90. The summed E-state index contributed by atoms with van der Waals surface area (Å²) in [5.74, 6) is -0.149. The first-order valence-electron chi connectivity index (χ1n) is 6.11. The molecule has 4 N–H and O–H groups in total. The van der Waals surface area contributed by atoms with E-state index in [0.29, 0.717) is 32.5 Å². The normalized spacial score (nSPS) is 16.1. The van der Waals surface area contributed by atoms with Gasteiger partial charge in [-0.15, -0.1) is 0 Å². The molecular formula is C15H10N4OS. The fourth-order valence-corrected chi connectivity index (χ4v) is 3.11. The molecule has 6 heteroatoms. The quantitative estimate of drug-likeness (QED) is 0.836. The highest BCUT2D eigenvalue weighted by atomic mass is 32.2. The third-order valence-electron chi connectivity index (χ3n) is 3.30. The SMILES string of the molecule is N#CC1=C(N)SC(N)=C(C#N)C1c1cc2ccccc2o1. The van der Waals surface area contributed by atoms with E-state index in [2.05, 4.69) is 12.1 Å². The molecule has 2 heterocycles. The lowest BCUT2D eigenvalue weighted by Crippen LogP contribution is -2.17. The third-order valence-corrected chi connectivity index (χ3v) is 4.18. The number of fused-ring (bicyclic) bond motifs is 1. The van der Waals surface area contributed by atoms with Crippen molar-refractivity contribution in [3.8, 4) is 12.1 Å². The van der Waals surface area contributed by atoms with E-state index in [1.54, 1.807) is 0 Å². The molecular weight excluding hydrogens is 284 g/mol. The van der Waals surface area contributed by atoms with Crippen LogP contribution in [0, 0.1) is 22.7 Å². The van der Waals surface area contributed by atoms with E-state index >= 15 is 0 Å². The molecule has 0 bridgehead atoms. The van der Waals surface area contributed by atoms with Crippen molar-refractivity contribution in [2.45, 2.75) is 5.92 Å². The molecule has 0 fully saturated rings. The Kier molecular flexibility index (Phi) is 3.09. The number of para-hydroxylation sites is 1. The first kappa shape index (κ1) is 13.2. The van der Waals surface area contributed by atoms with Crippen LogP contribution in [-0.4, -0.2) is 0 Å². The van der Waals surface area contributed by atoms with Gasteiger partial charge in [0.05, 0.1) is 39.3 Å². The summed E-state index contributed by atoms with van der Waals surface area (Å²) in [7, 11) is 0. The fourth-order valence-electron chi connectivity index (χ4n) is 2.33. The largest absolute Gasteiger partial charge is 0.460 e. The van der Waals surface area contributed by atoms with Crippen molar-refractivity contribution in [1.29, 1.82) is 10.5 Å². The smallest absolute Gasteiger partial charge is 0.134 e. The van der Waals surface area contributed by atoms with Crippen molar-refractivity contribution in [2.24, 2.45) is 11.5 Å². The molecule has 1 aromatic carbocycles. The molecule has 21 heavy (non-hydrogen) atoms. The van der Waals surface area contributed by atoms with Crippen molar-refractivity contribution in [1.82, 2.24) is 0 Å². The first-order valence-corrected chi connectivity index (χ1v) is 6.93. The van der Waals surface area contributed by atoms with Gasteiger partial charge in [-0.05, 0) is 12.1 Å². The average molecular weight is 294 g/mol. The van der Waals surface area contributed by atoms with E-state index in [1.807, 2.05) is 30.3 Å². The zero-order valence-corrected chi connectivity index (χ0v) is 11.6. The van der Waals surface area contributed by atoms with Crippen LogP contribution in [0.5, 0.6) is 0 Å². The molecule has 5 nitrogen and oxygen atoms in total. The maximum Gasteiger partial charge on any atom is 0.134 e. The number of furan rings is 1. The second-order valence-corrected chi connectivity index (χ2v) is 5.58. The van der Waals surface area contributed by atoms with E-state index in [4.69, 9.17) is 15.9 Å². The summed E-state index contributed by atoms with van der Waals surface area (Å²) in [5.41, 5.74) is 13.0. The topological polar surface area (TPSA) is 113 Å². The minimum atomic E-state index is -0.645. The van der Waals surface area contributed by atoms with Gasteiger partial charge < -0.3 is 15.9 Å². The van der Waals surface area contributed by atoms with Crippen LogP contribution >= 0.6 is 11.8 Å². The maximum atomic E-state index is 9.35. The van der Waals surface area contributed by atoms with E-state index in [9.17, 15) is 10.5 Å². The number of hydrogen-bond donors (Lipinski definition) is 2. The molecule has 1 aliphatic heterocycles. The standard InChI is InChI=1S/C15H10N4OS/c16-6-9-13(10(7-17)15(19)21-14(9)18)12-5-8-3-1-2-4-11(8)20-12/h1-5,13H,18-19H2. The molecule has 0 saturated heterocycles. The minimum absolute atomic E-state index is 0.296. The highest BCUT2D eigenvalue weighted by Crippen LogP contribution is 2.43. The first-order chi connectivity index (χ1) is 10.2. The molecule has 0 radical (unpaired) electrons. The Labute approximate surface area is 125 Å². The summed E-state index contributed by atoms with van der Waals surface area (Å²) < 4.78 is 5.78. The van der Waals surface area contributed by atoms with Crippen molar-refractivity contribution < 1.29 is 4.42 Å². The molecule has 3 rings (SSSR count). The van der Waals surface area contributed by atoms with Crippen LogP contribution in [0.15, 0.2) is 56.0 Å². The van der Waals surface area contributed by atoms with Crippen molar-refractivity contribution in [3.05, 3.63) is 57.3 Å². The van der Waals surface area contributed by atoms with Gasteiger partial charge in [0.1, 0.15) is 11.3 Å². The van der Waals surface area contributed by atoms with E-state index in [0.717, 1.165) is 17.1 Å². The van der Waals surface area contributed by atoms with Gasteiger partial charge in [0.25, 0.3) is 0 Å². The lowest BCUT2D eigenvalue weighted by Gasteiger charge is -2.21. The lowest BCUT2D eigenvalue weighted by molar-refractivity contribution is 0.541. The summed E-state index contributed by atoms with van der Waals surface area (Å²) in [4.78, 5) is 0. The Morgan fingerprint density at radius 1 is 1.05 bits per heavy atom. The van der Waals surface area contributed by atoms with Crippen LogP contribution in [-0.2, 0) is 0 Å². The van der Waals surface area contributed by atoms with Gasteiger partial charge in [-0.3, -0.25) is 0 Å². The number of thioether (sulfide) groups is 1. The third kappa shape index (κ3) is 2.03. The summed E-state index contributed by atoms with van der Waals surface area (Å²) in [5, 5.41) is 20.2. The van der Waals surface area contributed by atoms with Crippen LogP contribution in [0.25, 0.3) is 11.0 Å². The molecule has 0 saturated carbocycles. The minimum Gasteiger partial charge on any atom is -0.460 e. The van der Waals surface area contributed by atoms with Crippen LogP contribution in [0.1, 0.15) is 11.7 Å². The average Bonchev–Trinajstić information content (AvgIpc) is 2.90. The summed E-state index contributed by atoms with van der Waals surface area (Å²) in [6, 6.07) is 13.4. The van der Waals surface area contributed by atoms with Crippen LogP contribution < -0.4 is 11.5 Å². The molecule has 2 aromatic rings. The Morgan fingerprint density at radius 2 is 1.67 bits per heavy atom. The fraction of sp³-hybridized carbons (Fsp3) is 0.0667. The molecule has 0 amide bonds. The van der Waals surface area contributed by atoms with Gasteiger partial charge >= 0.3 is 0 Å². The summed E-state index contributed by atoms with van der Waals surface area (Å²) in [6.07, 6.45) is 0. The van der Waals surface area contributed by atoms with E-state index in [-0.39, 0.29) is 0 Å². The summed E-state index contributed by atoms with van der Waals surface area (Å²) >= 11 is 1.04. The predicted molar refractivity (Wildman–Crippen MR) is 80.2 cm³/mol. The number of nitriles is 2. The molecule has 102 valence electrons. The van der Waals surface area contributed by atoms with Crippen LogP contribution in [0.2, 0.25) is 0 Å². The number of hydrogen-bond acceptors (Lipinski definition) is 6. The monoisotopic (exact) mass is 294 g/mol. The van der Waals surface area contributed by atoms with Crippen LogP contribution in [0.3, 0.4) is 0 Å². The molecule has 0 atom stereocenters. The second kappa shape index (κ2) is 4.93.